The Balaban J connectivity index is 2.31. The Morgan fingerprint density at radius 1 is 1.24 bits per heavy atom. The highest BCUT2D eigenvalue weighted by Crippen LogP contribution is 2.32. The van der Waals surface area contributed by atoms with Crippen LogP contribution in [0.25, 0.3) is 0 Å². The first-order valence-corrected chi connectivity index (χ1v) is 5.84. The molecule has 0 radical (unpaired) electrons. The molecule has 21 heavy (non-hydrogen) atoms. The van der Waals surface area contributed by atoms with Gasteiger partial charge in [-0.05, 0) is 24.6 Å². The van der Waals surface area contributed by atoms with E-state index in [0.717, 1.165) is 12.1 Å². The molecule has 1 aromatic heterocycles. The van der Waals surface area contributed by atoms with Gasteiger partial charge in [0.2, 0.25) is 0 Å². The van der Waals surface area contributed by atoms with Crippen molar-refractivity contribution in [2.45, 2.75) is 13.1 Å². The summed E-state index contributed by atoms with van der Waals surface area (Å²) in [5.74, 6) is -0.817. The minimum Gasteiger partial charge on any atom is -0.382 e. The summed E-state index contributed by atoms with van der Waals surface area (Å²) in [5.41, 5.74) is 5.03. The maximum atomic E-state index is 12.7. The molecule has 0 fully saturated rings. The summed E-state index contributed by atoms with van der Waals surface area (Å²) < 4.78 is 38.0. The highest BCUT2D eigenvalue weighted by Gasteiger charge is 2.31. The predicted octanol–water partition coefficient (Wildman–Crippen LogP) is 2.64. The molecule has 0 spiro atoms. The number of hydrogen-bond acceptors (Lipinski definition) is 4. The fourth-order valence-electron chi connectivity index (χ4n) is 1.64. The Labute approximate surface area is 118 Å². The zero-order chi connectivity index (χ0) is 15.6. The Hall–Kier alpha value is -2.64. The summed E-state index contributed by atoms with van der Waals surface area (Å²) in [5, 5.41) is 2.36. The number of nitrogen functional groups attached to an aromatic ring is 1. The van der Waals surface area contributed by atoms with Crippen LogP contribution >= 0.6 is 0 Å². The van der Waals surface area contributed by atoms with Crippen molar-refractivity contribution in [2.24, 2.45) is 0 Å². The fraction of sp³-hybridized carbons (Fsp3) is 0.154. The van der Waals surface area contributed by atoms with E-state index in [1.165, 1.54) is 18.5 Å². The molecule has 2 aromatic rings. The van der Waals surface area contributed by atoms with Gasteiger partial charge in [-0.3, -0.25) is 4.79 Å². The Bertz CT molecular complexity index is 685. The van der Waals surface area contributed by atoms with Crippen LogP contribution in [0.3, 0.4) is 0 Å². The van der Waals surface area contributed by atoms with Crippen LogP contribution in [0.2, 0.25) is 0 Å². The smallest absolute Gasteiger partial charge is 0.382 e. The van der Waals surface area contributed by atoms with Crippen molar-refractivity contribution in [1.82, 2.24) is 9.97 Å². The number of nitrogens with one attached hydrogen (secondary N) is 1. The number of anilines is 2. The summed E-state index contributed by atoms with van der Waals surface area (Å²) in [7, 11) is 0. The third-order valence-electron chi connectivity index (χ3n) is 2.75. The second-order valence-electron chi connectivity index (χ2n) is 4.27. The SMILES string of the molecule is Cc1ccc(C(F)(F)F)cc1NC(=O)c1nccnc1N. The van der Waals surface area contributed by atoms with Crippen molar-refractivity contribution in [3.63, 3.8) is 0 Å². The second-order valence-corrected chi connectivity index (χ2v) is 4.27. The summed E-state index contributed by atoms with van der Waals surface area (Å²) in [6, 6.07) is 3.08. The van der Waals surface area contributed by atoms with Gasteiger partial charge in [-0.15, -0.1) is 0 Å². The summed E-state index contributed by atoms with van der Waals surface area (Å²) in [6.45, 7) is 1.58. The predicted molar refractivity (Wildman–Crippen MR) is 70.6 cm³/mol. The van der Waals surface area contributed by atoms with E-state index in [0.29, 0.717) is 5.56 Å². The molecule has 5 nitrogen and oxygen atoms in total. The minimum atomic E-state index is -4.49. The molecule has 0 atom stereocenters. The van der Waals surface area contributed by atoms with E-state index in [2.05, 4.69) is 15.3 Å². The maximum Gasteiger partial charge on any atom is 0.416 e. The molecule has 8 heteroatoms. The lowest BCUT2D eigenvalue weighted by atomic mass is 10.1. The van der Waals surface area contributed by atoms with Gasteiger partial charge in [-0.1, -0.05) is 6.07 Å². The van der Waals surface area contributed by atoms with Crippen LogP contribution in [0.4, 0.5) is 24.7 Å². The molecule has 0 saturated heterocycles. The molecule has 1 amide bonds. The fourth-order valence-corrected chi connectivity index (χ4v) is 1.64. The molecule has 3 N–H and O–H groups in total. The lowest BCUT2D eigenvalue weighted by Crippen LogP contribution is -2.17. The quantitative estimate of drug-likeness (QED) is 0.892. The second kappa shape index (κ2) is 5.39. The molecule has 0 aliphatic rings. The number of amides is 1. The molecule has 0 saturated carbocycles. The van der Waals surface area contributed by atoms with E-state index in [1.54, 1.807) is 6.92 Å². The van der Waals surface area contributed by atoms with Crippen molar-refractivity contribution < 1.29 is 18.0 Å². The van der Waals surface area contributed by atoms with Crippen molar-refractivity contribution in [1.29, 1.82) is 0 Å². The van der Waals surface area contributed by atoms with Gasteiger partial charge in [0.25, 0.3) is 5.91 Å². The van der Waals surface area contributed by atoms with Gasteiger partial charge >= 0.3 is 6.18 Å². The first kappa shape index (κ1) is 14.8. The highest BCUT2D eigenvalue weighted by atomic mass is 19.4. The Morgan fingerprint density at radius 2 is 1.90 bits per heavy atom. The number of alkyl halides is 3. The zero-order valence-corrected chi connectivity index (χ0v) is 10.9. The minimum absolute atomic E-state index is 0.0416. The van der Waals surface area contributed by atoms with Crippen LogP contribution in [0.5, 0.6) is 0 Å². The number of rotatable bonds is 2. The van der Waals surface area contributed by atoms with Crippen LogP contribution in [0, 0.1) is 6.92 Å². The van der Waals surface area contributed by atoms with Gasteiger partial charge in [-0.2, -0.15) is 13.2 Å². The largest absolute Gasteiger partial charge is 0.416 e. The van der Waals surface area contributed by atoms with Gasteiger partial charge in [0.1, 0.15) is 0 Å². The molecule has 0 aliphatic carbocycles. The summed E-state index contributed by atoms with van der Waals surface area (Å²) in [4.78, 5) is 19.4. The van der Waals surface area contributed by atoms with E-state index in [4.69, 9.17) is 5.73 Å². The van der Waals surface area contributed by atoms with Gasteiger partial charge < -0.3 is 11.1 Å². The molecular formula is C13H11F3N4O. The van der Waals surface area contributed by atoms with Crippen molar-refractivity contribution in [3.8, 4) is 0 Å². The Kier molecular flexibility index (Phi) is 3.79. The number of carbonyl (C=O) groups is 1. The van der Waals surface area contributed by atoms with Crippen LogP contribution in [-0.4, -0.2) is 15.9 Å². The summed E-state index contributed by atoms with van der Waals surface area (Å²) in [6.07, 6.45) is -1.91. The van der Waals surface area contributed by atoms with E-state index in [-0.39, 0.29) is 17.2 Å². The topological polar surface area (TPSA) is 80.9 Å². The highest BCUT2D eigenvalue weighted by molar-refractivity contribution is 6.06. The first-order chi connectivity index (χ1) is 9.79. The van der Waals surface area contributed by atoms with Crippen LogP contribution in [0.1, 0.15) is 21.6 Å². The molecule has 0 unspecified atom stereocenters. The standard InChI is InChI=1S/C13H11F3N4O/c1-7-2-3-8(13(14,15)16)6-9(7)20-12(21)10-11(17)19-5-4-18-10/h2-6H,1H3,(H2,17,19)(H,20,21). The van der Waals surface area contributed by atoms with Crippen LogP contribution in [0.15, 0.2) is 30.6 Å². The van der Waals surface area contributed by atoms with E-state index >= 15 is 0 Å². The summed E-state index contributed by atoms with van der Waals surface area (Å²) >= 11 is 0. The lowest BCUT2D eigenvalue weighted by Gasteiger charge is -2.12. The number of nitrogens with zero attached hydrogens (tertiary/aromatic N) is 2. The van der Waals surface area contributed by atoms with Gasteiger partial charge in [0.15, 0.2) is 11.5 Å². The number of hydrogen-bond donors (Lipinski definition) is 2. The molecular weight excluding hydrogens is 285 g/mol. The third kappa shape index (κ3) is 3.28. The molecule has 1 aromatic carbocycles. The van der Waals surface area contributed by atoms with E-state index < -0.39 is 17.6 Å². The van der Waals surface area contributed by atoms with E-state index in [1.807, 2.05) is 0 Å². The number of benzene rings is 1. The van der Waals surface area contributed by atoms with Crippen LogP contribution in [-0.2, 0) is 6.18 Å². The molecule has 110 valence electrons. The van der Waals surface area contributed by atoms with Gasteiger partial charge in [0.05, 0.1) is 5.56 Å². The molecule has 1 heterocycles. The first-order valence-electron chi connectivity index (χ1n) is 5.84. The number of aryl methyl sites for hydroxylation is 1. The molecule has 0 bridgehead atoms. The van der Waals surface area contributed by atoms with Crippen molar-refractivity contribution >= 4 is 17.4 Å². The number of halogens is 3. The molecule has 0 aliphatic heterocycles. The number of aromatic nitrogens is 2. The monoisotopic (exact) mass is 296 g/mol. The number of carbonyl (C=O) groups excluding carboxylic acids is 1. The normalized spacial score (nSPS) is 11.2. The van der Waals surface area contributed by atoms with Crippen molar-refractivity contribution in [2.75, 3.05) is 11.1 Å². The average molecular weight is 296 g/mol. The lowest BCUT2D eigenvalue weighted by molar-refractivity contribution is -0.137. The maximum absolute atomic E-state index is 12.7. The Morgan fingerprint density at radius 3 is 2.52 bits per heavy atom. The van der Waals surface area contributed by atoms with Gasteiger partial charge in [0, 0.05) is 18.1 Å². The molecule has 2 rings (SSSR count). The zero-order valence-electron chi connectivity index (χ0n) is 10.9. The number of nitrogens with two attached hydrogens (primary N) is 1. The van der Waals surface area contributed by atoms with E-state index in [9.17, 15) is 18.0 Å². The van der Waals surface area contributed by atoms with Crippen molar-refractivity contribution in [3.05, 3.63) is 47.4 Å². The third-order valence-corrected chi connectivity index (χ3v) is 2.75. The van der Waals surface area contributed by atoms with Crippen LogP contribution < -0.4 is 11.1 Å². The van der Waals surface area contributed by atoms with Gasteiger partial charge in [-0.25, -0.2) is 9.97 Å². The average Bonchev–Trinajstić information content (AvgIpc) is 2.40.